The maximum absolute atomic E-state index is 4.00. The Morgan fingerprint density at radius 1 is 0.500 bits per heavy atom. The second kappa shape index (κ2) is 15.5. The fourth-order valence-corrected chi connectivity index (χ4v) is 9.71. The zero-order valence-electron chi connectivity index (χ0n) is 15.7. The molecule has 0 amide bonds. The van der Waals surface area contributed by atoms with Gasteiger partial charge in [-0.05, 0) is 55.5 Å². The van der Waals surface area contributed by atoms with Crippen LogP contribution in [0.2, 0.25) is 0 Å². The van der Waals surface area contributed by atoms with Crippen molar-refractivity contribution in [2.24, 2.45) is 0 Å². The molecule has 0 aliphatic heterocycles. The number of hydrogen-bond acceptors (Lipinski definition) is 0. The molecule has 0 nitrogen and oxygen atoms in total. The summed E-state index contributed by atoms with van der Waals surface area (Å²) in [5, 5.41) is 0. The molecule has 3 rings (SSSR count). The molecule has 3 aliphatic rings. The van der Waals surface area contributed by atoms with E-state index in [0.717, 1.165) is 0 Å². The third-order valence-electron chi connectivity index (χ3n) is 5.99. The first-order valence-electron chi connectivity index (χ1n) is 10.1. The molecule has 0 spiro atoms. The van der Waals surface area contributed by atoms with E-state index in [1.165, 1.54) is 36.2 Å². The molecule has 0 aromatic carbocycles. The normalized spacial score (nSPS) is 23.1. The van der Waals surface area contributed by atoms with Gasteiger partial charge in [0.2, 0.25) is 0 Å². The van der Waals surface area contributed by atoms with Gasteiger partial charge in [-0.15, -0.1) is 26.0 Å². The Hall–Kier alpha value is 0.224. The van der Waals surface area contributed by atoms with Gasteiger partial charge in [-0.3, -0.25) is 0 Å². The SMILES string of the molecule is C#C.C1CCC(P(C2CCCCC2)C2CCCCC2)CC1.C=C.[Ni]. The topological polar surface area (TPSA) is 0 Å². The molecule has 3 fully saturated rings. The van der Waals surface area contributed by atoms with Crippen LogP contribution in [0.3, 0.4) is 0 Å². The van der Waals surface area contributed by atoms with E-state index in [4.69, 9.17) is 0 Å². The molecule has 0 radical (unpaired) electrons. The van der Waals surface area contributed by atoms with E-state index in [9.17, 15) is 0 Å². The van der Waals surface area contributed by atoms with Crippen LogP contribution in [-0.4, -0.2) is 17.0 Å². The van der Waals surface area contributed by atoms with Crippen LogP contribution in [0.4, 0.5) is 0 Å². The van der Waals surface area contributed by atoms with E-state index in [2.05, 4.69) is 26.0 Å². The number of hydrogen-bond donors (Lipinski definition) is 0. The zero-order chi connectivity index (χ0) is 16.9. The monoisotopic (exact) mass is 392 g/mol. The predicted molar refractivity (Wildman–Crippen MR) is 109 cm³/mol. The van der Waals surface area contributed by atoms with Crippen molar-refractivity contribution in [2.45, 2.75) is 113 Å². The summed E-state index contributed by atoms with van der Waals surface area (Å²) in [6, 6.07) is 0. The molecule has 0 saturated heterocycles. The van der Waals surface area contributed by atoms with Crippen LogP contribution in [0.15, 0.2) is 13.2 Å². The van der Waals surface area contributed by atoms with Crippen molar-refractivity contribution < 1.29 is 16.5 Å². The summed E-state index contributed by atoms with van der Waals surface area (Å²) in [6.45, 7) is 6.00. The molecule has 0 N–H and O–H groups in total. The van der Waals surface area contributed by atoms with Gasteiger partial charge in [-0.25, -0.2) is 0 Å². The standard InChI is InChI=1S/C18H33P.C2H4.C2H2.Ni/c1-4-10-16(11-5-1)19(17-12-6-2-7-13-17)18-14-8-3-9-15-18;2*1-2;/h16-18H,1-15H2;1-2H2;1-2H;. The molecule has 0 aromatic rings. The molecule has 0 atom stereocenters. The fraction of sp³-hybridized carbons (Fsp3) is 0.818. The molecule has 2 heteroatoms. The third kappa shape index (κ3) is 7.63. The molecule has 3 aliphatic carbocycles. The van der Waals surface area contributed by atoms with Crippen LogP contribution in [0.25, 0.3) is 0 Å². The minimum atomic E-state index is 0. The molecular weight excluding hydrogens is 354 g/mol. The Morgan fingerprint density at radius 2 is 0.708 bits per heavy atom. The predicted octanol–water partition coefficient (Wildman–Crippen LogP) is 7.52. The Bertz CT molecular complexity index is 254. The molecular formula is C22H39NiP. The summed E-state index contributed by atoms with van der Waals surface area (Å²) >= 11 is 0. The summed E-state index contributed by atoms with van der Waals surface area (Å²) in [5.74, 6) is 0. The maximum Gasteiger partial charge on any atom is 0 e. The van der Waals surface area contributed by atoms with Crippen molar-refractivity contribution >= 4 is 7.92 Å². The van der Waals surface area contributed by atoms with Gasteiger partial charge in [-0.1, -0.05) is 65.7 Å². The fourth-order valence-electron chi connectivity index (χ4n) is 5.03. The Balaban J connectivity index is 0.000000987. The Kier molecular flexibility index (Phi) is 15.6. The van der Waals surface area contributed by atoms with Crippen molar-refractivity contribution in [3.05, 3.63) is 13.2 Å². The summed E-state index contributed by atoms with van der Waals surface area (Å²) in [4.78, 5) is 0. The van der Waals surface area contributed by atoms with Gasteiger partial charge in [0.05, 0.1) is 0 Å². The first kappa shape index (κ1) is 24.2. The van der Waals surface area contributed by atoms with E-state index in [1.807, 2.05) is 0 Å². The van der Waals surface area contributed by atoms with E-state index < -0.39 is 0 Å². The van der Waals surface area contributed by atoms with Gasteiger partial charge in [0.1, 0.15) is 0 Å². The van der Waals surface area contributed by atoms with Crippen LogP contribution in [0.5, 0.6) is 0 Å². The maximum atomic E-state index is 4.00. The summed E-state index contributed by atoms with van der Waals surface area (Å²) in [5.41, 5.74) is 3.57. The summed E-state index contributed by atoms with van der Waals surface area (Å²) < 4.78 is 0. The average molecular weight is 393 g/mol. The van der Waals surface area contributed by atoms with Crippen LogP contribution in [0.1, 0.15) is 96.3 Å². The van der Waals surface area contributed by atoms with E-state index in [0.29, 0.717) is 7.92 Å². The molecule has 0 unspecified atom stereocenters. The molecule has 0 aromatic heterocycles. The van der Waals surface area contributed by atoms with E-state index in [1.54, 1.807) is 77.0 Å². The minimum absolute atomic E-state index is 0. The van der Waals surface area contributed by atoms with Gasteiger partial charge in [0.25, 0.3) is 0 Å². The van der Waals surface area contributed by atoms with Gasteiger partial charge in [0.15, 0.2) is 0 Å². The molecule has 3 saturated carbocycles. The van der Waals surface area contributed by atoms with Crippen molar-refractivity contribution in [1.29, 1.82) is 0 Å². The first-order chi connectivity index (χ1) is 11.4. The van der Waals surface area contributed by atoms with Crippen LogP contribution >= 0.6 is 7.92 Å². The summed E-state index contributed by atoms with van der Waals surface area (Å²) in [6.07, 6.45) is 31.6. The van der Waals surface area contributed by atoms with E-state index in [-0.39, 0.29) is 16.5 Å². The quantitative estimate of drug-likeness (QED) is 0.201. The second-order valence-electron chi connectivity index (χ2n) is 7.32. The van der Waals surface area contributed by atoms with E-state index >= 15 is 0 Å². The molecule has 0 bridgehead atoms. The smallest absolute Gasteiger partial charge is 0 e. The third-order valence-corrected chi connectivity index (χ3v) is 10.1. The van der Waals surface area contributed by atoms with Gasteiger partial charge < -0.3 is 0 Å². The molecule has 142 valence electrons. The number of terminal acetylenes is 1. The van der Waals surface area contributed by atoms with Crippen LogP contribution < -0.4 is 0 Å². The molecule has 24 heavy (non-hydrogen) atoms. The largest absolute Gasteiger partial charge is 0.124 e. The Labute approximate surface area is 163 Å². The van der Waals surface area contributed by atoms with Gasteiger partial charge >= 0.3 is 0 Å². The summed E-state index contributed by atoms with van der Waals surface area (Å²) in [7, 11) is 0.385. The van der Waals surface area contributed by atoms with Crippen molar-refractivity contribution in [1.82, 2.24) is 0 Å². The Morgan fingerprint density at radius 3 is 0.917 bits per heavy atom. The van der Waals surface area contributed by atoms with Crippen molar-refractivity contribution in [2.75, 3.05) is 0 Å². The molecule has 0 heterocycles. The second-order valence-corrected chi connectivity index (χ2v) is 10.4. The minimum Gasteiger partial charge on any atom is -0.124 e. The van der Waals surface area contributed by atoms with Crippen LogP contribution in [0, 0.1) is 12.8 Å². The van der Waals surface area contributed by atoms with Gasteiger partial charge in [-0.2, -0.15) is 0 Å². The van der Waals surface area contributed by atoms with Crippen LogP contribution in [-0.2, 0) is 16.5 Å². The van der Waals surface area contributed by atoms with Gasteiger partial charge in [0, 0.05) is 16.5 Å². The van der Waals surface area contributed by atoms with Crippen molar-refractivity contribution in [3.63, 3.8) is 0 Å². The zero-order valence-corrected chi connectivity index (χ0v) is 17.6. The average Bonchev–Trinajstić information content (AvgIpc) is 2.68. The van der Waals surface area contributed by atoms with Crippen molar-refractivity contribution in [3.8, 4) is 12.8 Å². The number of rotatable bonds is 3. The first-order valence-corrected chi connectivity index (χ1v) is 11.6.